The molecule has 0 bridgehead atoms. The molecule has 0 aromatic heterocycles. The number of sulfonamides is 1. The van der Waals surface area contributed by atoms with Crippen molar-refractivity contribution in [2.45, 2.75) is 57.6 Å². The Bertz CT molecular complexity index is 1420. The lowest BCUT2D eigenvalue weighted by Crippen LogP contribution is -2.52. The Morgan fingerprint density at radius 3 is 2.12 bits per heavy atom. The predicted octanol–water partition coefficient (Wildman–Crippen LogP) is 5.41. The second kappa shape index (κ2) is 14.3. The van der Waals surface area contributed by atoms with Crippen molar-refractivity contribution >= 4 is 39.1 Å². The summed E-state index contributed by atoms with van der Waals surface area (Å²) in [6.07, 6.45) is 0.699. The van der Waals surface area contributed by atoms with Crippen molar-refractivity contribution in [3.63, 3.8) is 0 Å². The van der Waals surface area contributed by atoms with Crippen LogP contribution in [0.5, 0.6) is 5.75 Å². The number of halogens is 2. The number of ether oxygens (including phenoxy) is 1. The molecule has 0 aliphatic heterocycles. The predicted molar refractivity (Wildman–Crippen MR) is 158 cm³/mol. The lowest BCUT2D eigenvalue weighted by molar-refractivity contribution is -0.139. The molecule has 2 amide bonds. The third-order valence-corrected chi connectivity index (χ3v) is 8.59. The number of carbonyl (C=O) groups excluding carboxylic acids is 2. The summed E-state index contributed by atoms with van der Waals surface area (Å²) in [4.78, 5) is 28.2. The van der Waals surface area contributed by atoms with Crippen LogP contribution in [-0.2, 0) is 26.2 Å². The minimum Gasteiger partial charge on any atom is -0.494 e. The molecule has 0 radical (unpaired) electrons. The standard InChI is InChI=1S/C30H35ClFN3O5S/c1-5-21(3)33-30(37)22(4)34(19-23-7-9-24(31)10-8-23)29(36)20-35(26-13-15-27(16-14-26)40-6-2)41(38,39)28-17-11-25(32)12-18-28/h7-18,21-22H,5-6,19-20H2,1-4H3,(H,33,37)/t21-,22+/m1/s1. The fourth-order valence-corrected chi connectivity index (χ4v) is 5.51. The molecule has 3 aromatic carbocycles. The van der Waals surface area contributed by atoms with Gasteiger partial charge >= 0.3 is 0 Å². The molecular formula is C30H35ClFN3O5S. The number of hydrogen-bond acceptors (Lipinski definition) is 5. The van der Waals surface area contributed by atoms with Crippen molar-refractivity contribution < 1.29 is 27.1 Å². The molecule has 0 saturated carbocycles. The third kappa shape index (κ3) is 8.43. The first-order chi connectivity index (χ1) is 19.5. The van der Waals surface area contributed by atoms with Gasteiger partial charge in [-0.25, -0.2) is 12.8 Å². The second-order valence-electron chi connectivity index (χ2n) is 9.53. The van der Waals surface area contributed by atoms with Gasteiger partial charge in [0.1, 0.15) is 24.2 Å². The van der Waals surface area contributed by atoms with Crippen LogP contribution in [-0.4, -0.2) is 50.4 Å². The molecule has 220 valence electrons. The fraction of sp³-hybridized carbons (Fsp3) is 0.333. The molecule has 3 aromatic rings. The van der Waals surface area contributed by atoms with E-state index in [1.807, 2.05) is 20.8 Å². The highest BCUT2D eigenvalue weighted by Gasteiger charge is 2.33. The van der Waals surface area contributed by atoms with E-state index < -0.39 is 34.3 Å². The molecule has 3 rings (SSSR count). The van der Waals surface area contributed by atoms with Gasteiger partial charge in [0.2, 0.25) is 11.8 Å². The molecule has 0 spiro atoms. The van der Waals surface area contributed by atoms with Crippen LogP contribution in [0.1, 0.15) is 39.7 Å². The van der Waals surface area contributed by atoms with Crippen molar-refractivity contribution in [3.05, 3.63) is 89.2 Å². The molecule has 11 heteroatoms. The number of carbonyl (C=O) groups is 2. The monoisotopic (exact) mass is 603 g/mol. The van der Waals surface area contributed by atoms with E-state index in [2.05, 4.69) is 5.32 Å². The van der Waals surface area contributed by atoms with E-state index in [4.69, 9.17) is 16.3 Å². The number of anilines is 1. The van der Waals surface area contributed by atoms with Gasteiger partial charge in [-0.2, -0.15) is 0 Å². The lowest BCUT2D eigenvalue weighted by Gasteiger charge is -2.32. The fourth-order valence-electron chi connectivity index (χ4n) is 3.97. The summed E-state index contributed by atoms with van der Waals surface area (Å²) in [5, 5.41) is 3.40. The highest BCUT2D eigenvalue weighted by Crippen LogP contribution is 2.27. The first kappa shape index (κ1) is 31.9. The van der Waals surface area contributed by atoms with E-state index in [1.54, 1.807) is 43.3 Å². The second-order valence-corrected chi connectivity index (χ2v) is 11.8. The normalized spacial score (nSPS) is 12.7. The Morgan fingerprint density at radius 1 is 0.951 bits per heavy atom. The van der Waals surface area contributed by atoms with Gasteiger partial charge in [0.15, 0.2) is 0 Å². The Balaban J connectivity index is 2.02. The Hall–Kier alpha value is -3.63. The smallest absolute Gasteiger partial charge is 0.264 e. The van der Waals surface area contributed by atoms with E-state index in [0.717, 1.165) is 28.6 Å². The van der Waals surface area contributed by atoms with Gasteiger partial charge in [-0.3, -0.25) is 13.9 Å². The molecule has 8 nitrogen and oxygen atoms in total. The number of benzene rings is 3. The average Bonchev–Trinajstić information content (AvgIpc) is 2.95. The van der Waals surface area contributed by atoms with Crippen molar-refractivity contribution in [3.8, 4) is 5.75 Å². The topological polar surface area (TPSA) is 96.0 Å². The highest BCUT2D eigenvalue weighted by atomic mass is 35.5. The maximum absolute atomic E-state index is 13.9. The van der Waals surface area contributed by atoms with E-state index >= 15 is 0 Å². The van der Waals surface area contributed by atoms with Crippen molar-refractivity contribution in [1.29, 1.82) is 0 Å². The third-order valence-electron chi connectivity index (χ3n) is 6.55. The number of nitrogens with one attached hydrogen (secondary N) is 1. The van der Waals surface area contributed by atoms with E-state index in [0.29, 0.717) is 29.4 Å². The SMILES string of the molecule is CCOc1ccc(N(CC(=O)N(Cc2ccc(Cl)cc2)[C@@H](C)C(=O)N[C@H](C)CC)S(=O)(=O)c2ccc(F)cc2)cc1. The van der Waals surface area contributed by atoms with Gasteiger partial charge < -0.3 is 15.0 Å². The minimum absolute atomic E-state index is 0.0405. The molecule has 0 unspecified atom stereocenters. The molecule has 1 N–H and O–H groups in total. The van der Waals surface area contributed by atoms with Gasteiger partial charge in [-0.15, -0.1) is 0 Å². The average molecular weight is 604 g/mol. The van der Waals surface area contributed by atoms with Gasteiger partial charge in [0, 0.05) is 17.6 Å². The van der Waals surface area contributed by atoms with E-state index in [1.165, 1.54) is 17.0 Å². The van der Waals surface area contributed by atoms with Crippen molar-refractivity contribution in [2.24, 2.45) is 0 Å². The van der Waals surface area contributed by atoms with E-state index in [9.17, 15) is 22.4 Å². The van der Waals surface area contributed by atoms with Gasteiger partial charge in [-0.1, -0.05) is 30.7 Å². The van der Waals surface area contributed by atoms with Gasteiger partial charge in [0.25, 0.3) is 10.0 Å². The van der Waals surface area contributed by atoms with Crippen LogP contribution in [0.3, 0.4) is 0 Å². The summed E-state index contributed by atoms with van der Waals surface area (Å²) in [6, 6.07) is 16.4. The maximum atomic E-state index is 13.9. The van der Waals surface area contributed by atoms with Crippen LogP contribution in [0, 0.1) is 5.82 Å². The molecule has 0 aliphatic carbocycles. The largest absolute Gasteiger partial charge is 0.494 e. The molecule has 0 fully saturated rings. The van der Waals surface area contributed by atoms with E-state index in [-0.39, 0.29) is 29.1 Å². The highest BCUT2D eigenvalue weighted by molar-refractivity contribution is 7.92. The minimum atomic E-state index is -4.31. The number of hydrogen-bond donors (Lipinski definition) is 1. The zero-order valence-corrected chi connectivity index (χ0v) is 25.1. The van der Waals surface area contributed by atoms with Crippen molar-refractivity contribution in [2.75, 3.05) is 17.5 Å². The molecule has 2 atom stereocenters. The van der Waals surface area contributed by atoms with Gasteiger partial charge in [0.05, 0.1) is 17.2 Å². The van der Waals surface area contributed by atoms with Crippen molar-refractivity contribution in [1.82, 2.24) is 10.2 Å². The summed E-state index contributed by atoms with van der Waals surface area (Å²) >= 11 is 6.03. The Morgan fingerprint density at radius 2 is 1.56 bits per heavy atom. The number of amides is 2. The van der Waals surface area contributed by atoms with Gasteiger partial charge in [-0.05, 0) is 93.4 Å². The molecule has 0 saturated heterocycles. The Kier molecular flexibility index (Phi) is 11.1. The number of rotatable bonds is 13. The summed E-state index contributed by atoms with van der Waals surface area (Å²) in [7, 11) is -4.31. The zero-order valence-electron chi connectivity index (χ0n) is 23.5. The Labute approximate surface area is 246 Å². The van der Waals surface area contributed by atoms with Crippen LogP contribution in [0.4, 0.5) is 10.1 Å². The summed E-state index contributed by atoms with van der Waals surface area (Å²) in [6.45, 7) is 7.07. The van der Waals surface area contributed by atoms with Crippen LogP contribution in [0.25, 0.3) is 0 Å². The quantitative estimate of drug-likeness (QED) is 0.282. The number of nitrogens with zero attached hydrogens (tertiary/aromatic N) is 2. The van der Waals surface area contributed by atoms with Crippen LogP contribution in [0.2, 0.25) is 5.02 Å². The molecular weight excluding hydrogens is 569 g/mol. The zero-order chi connectivity index (χ0) is 30.2. The lowest BCUT2D eigenvalue weighted by atomic mass is 10.1. The maximum Gasteiger partial charge on any atom is 0.264 e. The van der Waals surface area contributed by atoms with Crippen LogP contribution < -0.4 is 14.4 Å². The summed E-state index contributed by atoms with van der Waals surface area (Å²) < 4.78 is 47.7. The van der Waals surface area contributed by atoms with Crippen LogP contribution in [0.15, 0.2) is 77.7 Å². The van der Waals surface area contributed by atoms with Crippen LogP contribution >= 0.6 is 11.6 Å². The summed E-state index contributed by atoms with van der Waals surface area (Å²) in [5.74, 6) is -1.04. The molecule has 0 aliphatic rings. The first-order valence-corrected chi connectivity index (χ1v) is 15.1. The molecule has 41 heavy (non-hydrogen) atoms. The summed E-state index contributed by atoms with van der Waals surface area (Å²) in [5.41, 5.74) is 0.911. The molecule has 0 heterocycles. The first-order valence-electron chi connectivity index (χ1n) is 13.3.